The molecular weight excluding hydrogens is 601 g/mol. The maximum absolute atomic E-state index is 14.8. The number of hydrogen-bond acceptors (Lipinski definition) is 7. The summed E-state index contributed by atoms with van der Waals surface area (Å²) >= 11 is 0. The van der Waals surface area contributed by atoms with E-state index in [0.29, 0.717) is 42.4 Å². The molecule has 0 bridgehead atoms. The van der Waals surface area contributed by atoms with Crippen LogP contribution >= 0.6 is 0 Å². The largest absolute Gasteiger partial charge is 0.487 e. The molecule has 0 saturated carbocycles. The van der Waals surface area contributed by atoms with E-state index in [0.717, 1.165) is 63.4 Å². The van der Waals surface area contributed by atoms with Gasteiger partial charge in [0.2, 0.25) is 0 Å². The molecule has 0 spiro atoms. The van der Waals surface area contributed by atoms with E-state index in [2.05, 4.69) is 33.2 Å². The van der Waals surface area contributed by atoms with E-state index < -0.39 is 0 Å². The molecular formula is C39H40FN7O. The standard InChI is InChI=1S/C39H40FN7O/c1-5-14-43-39(37-26(2)11-12-34(46-37)29-20-32(24-41-23-29)48-25-27-9-7-6-8-10-27)36-22-33-35(45-36)13-15-44-38(33)28-18-30(40)21-31(19-28)42-16-17-47(3)4/h6-13,15,18-24,42,45H,5,14,16-17,25H2,1-4H3. The SMILES string of the molecule is CCCN=C(c1cc2c(-c3cc(F)cc(NCCN(C)C)c3)nccc2[nH]1)c1nc(-c2cncc(OCc3ccccc3)c2)ccc1C. The minimum atomic E-state index is -0.319. The van der Waals surface area contributed by atoms with Gasteiger partial charge in [-0.1, -0.05) is 43.3 Å². The van der Waals surface area contributed by atoms with Gasteiger partial charge in [0, 0.05) is 59.7 Å². The van der Waals surface area contributed by atoms with Crippen LogP contribution in [0.15, 0.2) is 102 Å². The van der Waals surface area contributed by atoms with Gasteiger partial charge >= 0.3 is 0 Å². The number of aliphatic imine (C=N–C) groups is 1. The molecule has 0 radical (unpaired) electrons. The Morgan fingerprint density at radius 3 is 2.65 bits per heavy atom. The predicted molar refractivity (Wildman–Crippen MR) is 192 cm³/mol. The number of fused-ring (bicyclic) bond motifs is 1. The number of anilines is 1. The number of nitrogens with one attached hydrogen (secondary N) is 2. The second kappa shape index (κ2) is 15.0. The molecule has 0 aliphatic carbocycles. The first kappa shape index (κ1) is 32.5. The van der Waals surface area contributed by atoms with Crippen molar-refractivity contribution in [2.75, 3.05) is 39.0 Å². The van der Waals surface area contributed by atoms with Crippen molar-refractivity contribution >= 4 is 22.3 Å². The summed E-state index contributed by atoms with van der Waals surface area (Å²) in [5, 5.41) is 4.21. The van der Waals surface area contributed by atoms with E-state index >= 15 is 0 Å². The van der Waals surface area contributed by atoms with E-state index in [1.807, 2.05) is 81.7 Å². The minimum Gasteiger partial charge on any atom is -0.487 e. The van der Waals surface area contributed by atoms with Crippen LogP contribution in [0.3, 0.4) is 0 Å². The highest BCUT2D eigenvalue weighted by Crippen LogP contribution is 2.31. The second-order valence-electron chi connectivity index (χ2n) is 12.0. The fourth-order valence-electron chi connectivity index (χ4n) is 5.48. The van der Waals surface area contributed by atoms with E-state index in [1.165, 1.54) is 12.1 Å². The Balaban J connectivity index is 1.34. The summed E-state index contributed by atoms with van der Waals surface area (Å²) in [6, 6.07) is 25.0. The van der Waals surface area contributed by atoms with Crippen LogP contribution in [0, 0.1) is 12.7 Å². The zero-order chi connectivity index (χ0) is 33.5. The van der Waals surface area contributed by atoms with Crippen molar-refractivity contribution in [3.8, 4) is 28.3 Å². The molecule has 0 amide bonds. The average molecular weight is 642 g/mol. The Morgan fingerprint density at radius 2 is 1.83 bits per heavy atom. The number of nitrogens with zero attached hydrogens (tertiary/aromatic N) is 5. The van der Waals surface area contributed by atoms with Crippen molar-refractivity contribution in [3.63, 3.8) is 0 Å². The van der Waals surface area contributed by atoms with Gasteiger partial charge in [0.25, 0.3) is 0 Å². The summed E-state index contributed by atoms with van der Waals surface area (Å²) in [5.41, 5.74) is 9.03. The summed E-state index contributed by atoms with van der Waals surface area (Å²) in [4.78, 5) is 24.9. The summed E-state index contributed by atoms with van der Waals surface area (Å²) in [7, 11) is 4.02. The van der Waals surface area contributed by atoms with Crippen LogP contribution in [0.5, 0.6) is 5.75 Å². The van der Waals surface area contributed by atoms with E-state index in [4.69, 9.17) is 19.7 Å². The number of aryl methyl sites for hydroxylation is 1. The number of aromatic amines is 1. The summed E-state index contributed by atoms with van der Waals surface area (Å²) < 4.78 is 20.9. The van der Waals surface area contributed by atoms with Crippen molar-refractivity contribution in [2.24, 2.45) is 4.99 Å². The molecule has 0 aliphatic rings. The van der Waals surface area contributed by atoms with Crippen molar-refractivity contribution in [3.05, 3.63) is 126 Å². The minimum absolute atomic E-state index is 0.319. The molecule has 9 heteroatoms. The maximum Gasteiger partial charge on any atom is 0.138 e. The lowest BCUT2D eigenvalue weighted by atomic mass is 10.0. The number of rotatable bonds is 13. The highest BCUT2D eigenvalue weighted by Gasteiger charge is 2.18. The molecule has 244 valence electrons. The zero-order valence-electron chi connectivity index (χ0n) is 27.8. The molecule has 48 heavy (non-hydrogen) atoms. The molecule has 6 aromatic rings. The maximum atomic E-state index is 14.8. The third-order valence-electron chi connectivity index (χ3n) is 7.93. The Morgan fingerprint density at radius 1 is 0.979 bits per heavy atom. The van der Waals surface area contributed by atoms with E-state index in [1.54, 1.807) is 18.6 Å². The number of pyridine rings is 3. The van der Waals surface area contributed by atoms with Crippen molar-refractivity contribution in [2.45, 2.75) is 26.9 Å². The lowest BCUT2D eigenvalue weighted by molar-refractivity contribution is 0.305. The zero-order valence-corrected chi connectivity index (χ0v) is 27.8. The number of halogens is 1. The first-order valence-corrected chi connectivity index (χ1v) is 16.2. The Labute approximate surface area is 280 Å². The van der Waals surface area contributed by atoms with Gasteiger partial charge in [-0.2, -0.15) is 0 Å². The first-order valence-electron chi connectivity index (χ1n) is 16.2. The van der Waals surface area contributed by atoms with Crippen LogP contribution in [0.4, 0.5) is 10.1 Å². The topological polar surface area (TPSA) is 91.3 Å². The third kappa shape index (κ3) is 7.75. The number of likely N-dealkylation sites (N-methyl/N-ethyl adjacent to an activating group) is 1. The molecule has 6 rings (SSSR count). The van der Waals surface area contributed by atoms with Crippen molar-refractivity contribution < 1.29 is 9.13 Å². The van der Waals surface area contributed by atoms with Gasteiger partial charge < -0.3 is 19.9 Å². The summed E-state index contributed by atoms with van der Waals surface area (Å²) in [6.07, 6.45) is 6.14. The molecule has 0 saturated heterocycles. The van der Waals surface area contributed by atoms with Crippen LogP contribution in [0.25, 0.3) is 33.4 Å². The highest BCUT2D eigenvalue weighted by atomic mass is 19.1. The van der Waals surface area contributed by atoms with E-state index in [-0.39, 0.29) is 5.82 Å². The second-order valence-corrected chi connectivity index (χ2v) is 12.0. The Kier molecular flexibility index (Phi) is 10.2. The molecule has 0 fully saturated rings. The van der Waals surface area contributed by atoms with Gasteiger partial charge in [-0.15, -0.1) is 0 Å². The fraction of sp³-hybridized carbons (Fsp3) is 0.231. The number of ether oxygens (including phenoxy) is 1. The molecule has 8 nitrogen and oxygen atoms in total. The highest BCUT2D eigenvalue weighted by molar-refractivity contribution is 6.14. The third-order valence-corrected chi connectivity index (χ3v) is 7.93. The van der Waals surface area contributed by atoms with Gasteiger partial charge in [0.1, 0.15) is 23.9 Å². The number of benzene rings is 2. The van der Waals surface area contributed by atoms with Gasteiger partial charge in [-0.25, -0.2) is 9.37 Å². The van der Waals surface area contributed by atoms with Crippen LogP contribution in [-0.4, -0.2) is 64.3 Å². The predicted octanol–water partition coefficient (Wildman–Crippen LogP) is 7.93. The first-order chi connectivity index (χ1) is 23.4. The van der Waals surface area contributed by atoms with E-state index in [9.17, 15) is 4.39 Å². The summed E-state index contributed by atoms with van der Waals surface area (Å²) in [6.45, 7) is 6.76. The molecule has 4 heterocycles. The molecule has 4 aromatic heterocycles. The fourth-order valence-corrected chi connectivity index (χ4v) is 5.48. The summed E-state index contributed by atoms with van der Waals surface area (Å²) in [5.74, 6) is 0.351. The Hall–Kier alpha value is -5.41. The lowest BCUT2D eigenvalue weighted by Gasteiger charge is -2.12. The van der Waals surface area contributed by atoms with Crippen molar-refractivity contribution in [1.29, 1.82) is 0 Å². The monoisotopic (exact) mass is 641 g/mol. The average Bonchev–Trinajstić information content (AvgIpc) is 3.53. The molecule has 2 aromatic carbocycles. The smallest absolute Gasteiger partial charge is 0.138 e. The van der Waals surface area contributed by atoms with Gasteiger partial charge in [0.15, 0.2) is 0 Å². The molecule has 0 aliphatic heterocycles. The van der Waals surface area contributed by atoms with Crippen LogP contribution in [0.2, 0.25) is 0 Å². The van der Waals surface area contributed by atoms with Crippen molar-refractivity contribution in [1.82, 2.24) is 24.8 Å². The van der Waals surface area contributed by atoms with Crippen LogP contribution < -0.4 is 10.1 Å². The molecule has 0 unspecified atom stereocenters. The normalized spacial score (nSPS) is 11.8. The Bertz CT molecular complexity index is 2040. The van der Waals surface area contributed by atoms with Gasteiger partial charge in [-0.3, -0.25) is 15.0 Å². The quantitative estimate of drug-likeness (QED) is 0.125. The molecule has 2 N–H and O–H groups in total. The van der Waals surface area contributed by atoms with Crippen LogP contribution in [0.1, 0.15) is 35.9 Å². The van der Waals surface area contributed by atoms with Gasteiger partial charge in [-0.05, 0) is 81.0 Å². The lowest BCUT2D eigenvalue weighted by Crippen LogP contribution is -2.20. The number of H-pyrrole nitrogens is 1. The molecule has 0 atom stereocenters. The van der Waals surface area contributed by atoms with Gasteiger partial charge in [0.05, 0.1) is 29.0 Å². The van der Waals surface area contributed by atoms with Crippen LogP contribution in [-0.2, 0) is 6.61 Å². The number of hydrogen-bond donors (Lipinski definition) is 2. The number of aromatic nitrogens is 4.